The van der Waals surface area contributed by atoms with E-state index in [-0.39, 0.29) is 6.10 Å². The van der Waals surface area contributed by atoms with Crippen LogP contribution in [-0.2, 0) is 4.74 Å². The van der Waals surface area contributed by atoms with Crippen molar-refractivity contribution in [3.05, 3.63) is 23.4 Å². The first-order valence-corrected chi connectivity index (χ1v) is 6.01. The topological polar surface area (TPSA) is 78.2 Å². The molecule has 0 amide bonds. The number of hydrogen-bond acceptors (Lipinski definition) is 5. The van der Waals surface area contributed by atoms with Gasteiger partial charge >= 0.3 is 0 Å². The van der Waals surface area contributed by atoms with Gasteiger partial charge in [-0.3, -0.25) is 0 Å². The van der Waals surface area contributed by atoms with Gasteiger partial charge in [0, 0.05) is 25.3 Å². The first-order valence-electron chi connectivity index (χ1n) is 6.01. The van der Waals surface area contributed by atoms with Crippen molar-refractivity contribution in [2.45, 2.75) is 32.0 Å². The van der Waals surface area contributed by atoms with Crippen LogP contribution >= 0.6 is 0 Å². The van der Waals surface area contributed by atoms with E-state index < -0.39 is 5.60 Å². The van der Waals surface area contributed by atoms with Crippen LogP contribution < -0.4 is 5.32 Å². The lowest BCUT2D eigenvalue weighted by molar-refractivity contribution is -0.0176. The molecular formula is C13H17N3O2. The van der Waals surface area contributed by atoms with E-state index in [0.29, 0.717) is 31.0 Å². The van der Waals surface area contributed by atoms with Crippen LogP contribution in [0.2, 0.25) is 0 Å². The summed E-state index contributed by atoms with van der Waals surface area (Å²) in [5, 5.41) is 22.4. The van der Waals surface area contributed by atoms with Gasteiger partial charge in [0.1, 0.15) is 17.5 Å². The van der Waals surface area contributed by atoms with E-state index in [1.807, 2.05) is 13.8 Å². The number of aromatic nitrogens is 1. The molecule has 1 saturated heterocycles. The van der Waals surface area contributed by atoms with Gasteiger partial charge in [0.05, 0.1) is 11.7 Å². The number of rotatable bonds is 3. The second kappa shape index (κ2) is 4.92. The summed E-state index contributed by atoms with van der Waals surface area (Å²) in [5.41, 5.74) is 0.424. The Morgan fingerprint density at radius 3 is 3.06 bits per heavy atom. The van der Waals surface area contributed by atoms with Crippen LogP contribution in [0.4, 0.5) is 5.82 Å². The lowest BCUT2D eigenvalue weighted by atomic mass is 9.97. The number of aliphatic hydroxyl groups is 1. The Morgan fingerprint density at radius 2 is 2.44 bits per heavy atom. The molecule has 2 heterocycles. The minimum atomic E-state index is -0.891. The molecular weight excluding hydrogens is 230 g/mol. The average molecular weight is 247 g/mol. The summed E-state index contributed by atoms with van der Waals surface area (Å²) in [7, 11) is 0. The fourth-order valence-corrected chi connectivity index (χ4v) is 2.02. The standard InChI is InChI=1S/C13H17N3O2/c1-9-3-4-11(7-14)12(16-9)15-8-13(17)5-6-18-10(13)2/h3-4,10,17H,5-6,8H2,1-2H3,(H,15,16). The highest BCUT2D eigenvalue weighted by Gasteiger charge is 2.39. The van der Waals surface area contributed by atoms with Crippen LogP contribution in [-0.4, -0.2) is 34.9 Å². The van der Waals surface area contributed by atoms with E-state index in [2.05, 4.69) is 16.4 Å². The van der Waals surface area contributed by atoms with Gasteiger partial charge in [-0.05, 0) is 26.0 Å². The molecule has 0 aliphatic carbocycles. The molecule has 1 aliphatic rings. The molecule has 0 radical (unpaired) electrons. The van der Waals surface area contributed by atoms with Crippen LogP contribution in [0.25, 0.3) is 0 Å². The van der Waals surface area contributed by atoms with Crippen LogP contribution in [0.5, 0.6) is 0 Å². The second-order valence-corrected chi connectivity index (χ2v) is 4.68. The maximum atomic E-state index is 10.4. The van der Waals surface area contributed by atoms with Crippen LogP contribution in [0.15, 0.2) is 12.1 Å². The molecule has 1 aromatic rings. The van der Waals surface area contributed by atoms with Crippen LogP contribution in [0, 0.1) is 18.3 Å². The van der Waals surface area contributed by atoms with Crippen LogP contribution in [0.3, 0.4) is 0 Å². The van der Waals surface area contributed by atoms with E-state index in [9.17, 15) is 5.11 Å². The number of anilines is 1. The van der Waals surface area contributed by atoms with Gasteiger partial charge < -0.3 is 15.2 Å². The molecule has 5 nitrogen and oxygen atoms in total. The quantitative estimate of drug-likeness (QED) is 0.839. The van der Waals surface area contributed by atoms with Crippen molar-refractivity contribution in [2.24, 2.45) is 0 Å². The Hall–Kier alpha value is -1.64. The number of nitriles is 1. The molecule has 2 unspecified atom stereocenters. The molecule has 1 aliphatic heterocycles. The van der Waals surface area contributed by atoms with Gasteiger partial charge in [-0.1, -0.05) is 0 Å². The van der Waals surface area contributed by atoms with Crippen molar-refractivity contribution in [1.29, 1.82) is 5.26 Å². The zero-order valence-electron chi connectivity index (χ0n) is 10.6. The SMILES string of the molecule is Cc1ccc(C#N)c(NCC2(O)CCOC2C)n1. The van der Waals surface area contributed by atoms with E-state index in [1.54, 1.807) is 12.1 Å². The molecule has 1 aromatic heterocycles. The monoisotopic (exact) mass is 247 g/mol. The summed E-state index contributed by atoms with van der Waals surface area (Å²) in [6, 6.07) is 5.60. The van der Waals surface area contributed by atoms with Gasteiger partial charge in [0.2, 0.25) is 0 Å². The number of nitrogens with zero attached hydrogens (tertiary/aromatic N) is 2. The minimum Gasteiger partial charge on any atom is -0.385 e. The van der Waals surface area contributed by atoms with Crippen molar-refractivity contribution in [3.8, 4) is 6.07 Å². The molecule has 0 saturated carbocycles. The van der Waals surface area contributed by atoms with Gasteiger partial charge in [-0.2, -0.15) is 5.26 Å². The highest BCUT2D eigenvalue weighted by molar-refractivity contribution is 5.52. The van der Waals surface area contributed by atoms with Gasteiger partial charge in [-0.25, -0.2) is 4.98 Å². The van der Waals surface area contributed by atoms with E-state index >= 15 is 0 Å². The minimum absolute atomic E-state index is 0.208. The summed E-state index contributed by atoms with van der Waals surface area (Å²) < 4.78 is 5.36. The molecule has 18 heavy (non-hydrogen) atoms. The molecule has 0 spiro atoms. The van der Waals surface area contributed by atoms with Crippen molar-refractivity contribution < 1.29 is 9.84 Å². The fourth-order valence-electron chi connectivity index (χ4n) is 2.02. The molecule has 5 heteroatoms. The maximum Gasteiger partial charge on any atom is 0.144 e. The molecule has 96 valence electrons. The summed E-state index contributed by atoms with van der Waals surface area (Å²) in [6.07, 6.45) is 0.384. The first-order chi connectivity index (χ1) is 8.55. The summed E-state index contributed by atoms with van der Waals surface area (Å²) >= 11 is 0. The number of hydrogen-bond donors (Lipinski definition) is 2. The Bertz CT molecular complexity index is 484. The first kappa shape index (κ1) is 12.8. The van der Waals surface area contributed by atoms with E-state index in [1.165, 1.54) is 0 Å². The van der Waals surface area contributed by atoms with Crippen molar-refractivity contribution in [1.82, 2.24) is 4.98 Å². The predicted octanol–water partition coefficient (Wildman–Crippen LogP) is 1.21. The van der Waals surface area contributed by atoms with E-state index in [4.69, 9.17) is 10.00 Å². The lowest BCUT2D eigenvalue weighted by Gasteiger charge is -2.26. The zero-order valence-corrected chi connectivity index (χ0v) is 10.6. The molecule has 2 atom stereocenters. The molecule has 2 N–H and O–H groups in total. The third-order valence-electron chi connectivity index (χ3n) is 3.38. The summed E-state index contributed by atoms with van der Waals surface area (Å²) in [6.45, 7) is 4.61. The largest absolute Gasteiger partial charge is 0.385 e. The average Bonchev–Trinajstić information content (AvgIpc) is 2.68. The lowest BCUT2D eigenvalue weighted by Crippen LogP contribution is -2.43. The molecule has 1 fully saturated rings. The van der Waals surface area contributed by atoms with Crippen molar-refractivity contribution >= 4 is 5.82 Å². The summed E-state index contributed by atoms with van der Waals surface area (Å²) in [4.78, 5) is 4.28. The third kappa shape index (κ3) is 2.45. The van der Waals surface area contributed by atoms with Crippen LogP contribution in [0.1, 0.15) is 24.6 Å². The number of aryl methyl sites for hydroxylation is 1. The predicted molar refractivity (Wildman–Crippen MR) is 67.2 cm³/mol. The third-order valence-corrected chi connectivity index (χ3v) is 3.38. The second-order valence-electron chi connectivity index (χ2n) is 4.68. The van der Waals surface area contributed by atoms with E-state index in [0.717, 1.165) is 5.69 Å². The number of ether oxygens (including phenoxy) is 1. The Morgan fingerprint density at radius 1 is 1.67 bits per heavy atom. The van der Waals surface area contributed by atoms with Crippen molar-refractivity contribution in [3.63, 3.8) is 0 Å². The number of nitrogens with one attached hydrogen (secondary N) is 1. The Balaban J connectivity index is 2.11. The van der Waals surface area contributed by atoms with Gasteiger partial charge in [0.25, 0.3) is 0 Å². The molecule has 0 aromatic carbocycles. The maximum absolute atomic E-state index is 10.4. The Labute approximate surface area is 106 Å². The zero-order chi connectivity index (χ0) is 13.2. The molecule has 2 rings (SSSR count). The fraction of sp³-hybridized carbons (Fsp3) is 0.538. The summed E-state index contributed by atoms with van der Waals surface area (Å²) in [5.74, 6) is 0.519. The number of pyridine rings is 1. The smallest absolute Gasteiger partial charge is 0.144 e. The van der Waals surface area contributed by atoms with Gasteiger partial charge in [0.15, 0.2) is 0 Å². The normalized spacial score (nSPS) is 26.9. The highest BCUT2D eigenvalue weighted by Crippen LogP contribution is 2.26. The highest BCUT2D eigenvalue weighted by atomic mass is 16.5. The Kier molecular flexibility index (Phi) is 3.50. The molecule has 0 bridgehead atoms. The van der Waals surface area contributed by atoms with Gasteiger partial charge in [-0.15, -0.1) is 0 Å². The van der Waals surface area contributed by atoms with Crippen molar-refractivity contribution in [2.75, 3.05) is 18.5 Å².